The van der Waals surface area contributed by atoms with Gasteiger partial charge in [-0.15, -0.1) is 0 Å². The molecule has 2 aromatic rings. The van der Waals surface area contributed by atoms with Gasteiger partial charge in [-0.25, -0.2) is 14.6 Å². The van der Waals surface area contributed by atoms with Crippen LogP contribution in [0.15, 0.2) is 34.2 Å². The summed E-state index contributed by atoms with van der Waals surface area (Å²) in [6.07, 6.45) is -5.04. The van der Waals surface area contributed by atoms with Gasteiger partial charge >= 0.3 is 18.4 Å². The van der Waals surface area contributed by atoms with E-state index in [1.54, 1.807) is 20.8 Å². The molecule has 0 aliphatic rings. The van der Waals surface area contributed by atoms with Crippen molar-refractivity contribution < 1.29 is 37.4 Å². The lowest BCUT2D eigenvalue weighted by Crippen LogP contribution is -2.50. The lowest BCUT2D eigenvalue weighted by atomic mass is 9.91. The Morgan fingerprint density at radius 2 is 1.88 bits per heavy atom. The first-order valence-electron chi connectivity index (χ1n) is 9.45. The van der Waals surface area contributed by atoms with Gasteiger partial charge in [0.1, 0.15) is 11.9 Å². The first-order chi connectivity index (χ1) is 15.2. The molecule has 8 nitrogen and oxygen atoms in total. The monoisotopic (exact) mass is 551 g/mol. The van der Waals surface area contributed by atoms with Crippen molar-refractivity contribution in [1.29, 1.82) is 0 Å². The minimum absolute atomic E-state index is 0.140. The van der Waals surface area contributed by atoms with Crippen molar-refractivity contribution >= 4 is 50.9 Å². The Morgan fingerprint density at radius 3 is 2.30 bits per heavy atom. The average Bonchev–Trinajstić information content (AvgIpc) is 3.10. The number of rotatable bonds is 7. The summed E-state index contributed by atoms with van der Waals surface area (Å²) in [7, 11) is 0. The standard InChI is InChI=1S/C20H21BrF3N3O5S/c1-19(2,3)32-18(31)27(16-25-8-15(21)33-16)9-14(26-17(29)30)13(10-28)11-4-6-12(7-5-11)20(22,23)24/h4-8,10,13-14,26H,9H2,1-3H3,(H,29,30)/t13-,14+/m0/s1. The van der Waals surface area contributed by atoms with E-state index in [1.165, 1.54) is 6.20 Å². The number of hydrogen-bond donors (Lipinski definition) is 2. The molecule has 2 amide bonds. The van der Waals surface area contributed by atoms with E-state index in [9.17, 15) is 32.7 Å². The summed E-state index contributed by atoms with van der Waals surface area (Å²) in [4.78, 5) is 41.4. The second-order valence-electron chi connectivity index (χ2n) is 7.88. The van der Waals surface area contributed by atoms with Gasteiger partial charge in [0.15, 0.2) is 5.13 Å². The average molecular weight is 552 g/mol. The smallest absolute Gasteiger partial charge is 0.416 e. The number of anilines is 1. The molecule has 1 aromatic heterocycles. The number of ether oxygens (including phenoxy) is 1. The summed E-state index contributed by atoms with van der Waals surface area (Å²) in [6, 6.07) is 2.57. The van der Waals surface area contributed by atoms with Crippen LogP contribution in [0, 0.1) is 0 Å². The molecule has 0 aliphatic carbocycles. The Morgan fingerprint density at radius 1 is 1.27 bits per heavy atom. The van der Waals surface area contributed by atoms with Crippen molar-refractivity contribution in [3.05, 3.63) is 45.4 Å². The maximum atomic E-state index is 12.9. The predicted octanol–water partition coefficient (Wildman–Crippen LogP) is 5.28. The lowest BCUT2D eigenvalue weighted by Gasteiger charge is -2.31. The highest BCUT2D eigenvalue weighted by Gasteiger charge is 2.34. The molecule has 0 aliphatic heterocycles. The third kappa shape index (κ3) is 7.70. The zero-order chi connectivity index (χ0) is 25.0. The molecule has 2 atom stereocenters. The van der Waals surface area contributed by atoms with E-state index in [-0.39, 0.29) is 17.2 Å². The predicted molar refractivity (Wildman–Crippen MR) is 119 cm³/mol. The third-order valence-electron chi connectivity index (χ3n) is 4.20. The number of hydrogen-bond acceptors (Lipinski definition) is 6. The van der Waals surface area contributed by atoms with Crippen LogP contribution in [0.5, 0.6) is 0 Å². The number of aromatic nitrogens is 1. The summed E-state index contributed by atoms with van der Waals surface area (Å²) >= 11 is 4.31. The number of nitrogens with zero attached hydrogens (tertiary/aromatic N) is 2. The number of aldehydes is 1. The van der Waals surface area contributed by atoms with Crippen LogP contribution in [0.25, 0.3) is 0 Å². The Kier molecular flexibility index (Phi) is 8.46. The number of carboxylic acid groups (broad SMARTS) is 1. The number of thiazole rings is 1. The molecule has 0 fully saturated rings. The second kappa shape index (κ2) is 10.5. The molecule has 180 valence electrons. The summed E-state index contributed by atoms with van der Waals surface area (Å²) in [5, 5.41) is 11.7. The van der Waals surface area contributed by atoms with Gasteiger partial charge in [0, 0.05) is 0 Å². The molecule has 1 aromatic carbocycles. The molecule has 0 spiro atoms. The molecule has 0 saturated heterocycles. The molecular weight excluding hydrogens is 531 g/mol. The Bertz CT molecular complexity index is 992. The largest absolute Gasteiger partial charge is 0.465 e. The van der Waals surface area contributed by atoms with Crippen molar-refractivity contribution in [2.75, 3.05) is 11.4 Å². The molecular formula is C20H21BrF3N3O5S. The quantitative estimate of drug-likeness (QED) is 0.453. The van der Waals surface area contributed by atoms with E-state index in [4.69, 9.17) is 4.74 Å². The van der Waals surface area contributed by atoms with Crippen LogP contribution >= 0.6 is 27.3 Å². The van der Waals surface area contributed by atoms with E-state index >= 15 is 0 Å². The van der Waals surface area contributed by atoms with E-state index < -0.39 is 41.5 Å². The summed E-state index contributed by atoms with van der Waals surface area (Å²) < 4.78 is 44.7. The first kappa shape index (κ1) is 26.6. The fourth-order valence-corrected chi connectivity index (χ4v) is 4.00. The van der Waals surface area contributed by atoms with Gasteiger partial charge in [-0.2, -0.15) is 13.2 Å². The SMILES string of the molecule is CC(C)(C)OC(=O)N(C[C@@H](NC(=O)O)[C@@H](C=O)c1ccc(C(F)(F)F)cc1)c1ncc(Br)s1. The zero-order valence-electron chi connectivity index (χ0n) is 17.7. The Hall–Kier alpha value is -2.67. The van der Waals surface area contributed by atoms with Crippen molar-refractivity contribution in [2.45, 2.75) is 44.5 Å². The maximum absolute atomic E-state index is 12.9. The van der Waals surface area contributed by atoms with E-state index in [2.05, 4.69) is 26.2 Å². The number of amides is 2. The van der Waals surface area contributed by atoms with E-state index in [1.807, 2.05) is 0 Å². The number of halogens is 4. The molecule has 2 rings (SSSR count). The van der Waals surface area contributed by atoms with Gasteiger partial charge in [0.25, 0.3) is 0 Å². The number of nitrogens with one attached hydrogen (secondary N) is 1. The van der Waals surface area contributed by atoms with E-state index in [0.717, 1.165) is 40.5 Å². The summed E-state index contributed by atoms with van der Waals surface area (Å²) in [5.74, 6) is -1.20. The molecule has 0 radical (unpaired) electrons. The minimum atomic E-state index is -4.57. The number of carbonyl (C=O) groups is 3. The zero-order valence-corrected chi connectivity index (χ0v) is 20.1. The van der Waals surface area contributed by atoms with Crippen molar-refractivity contribution in [3.8, 4) is 0 Å². The minimum Gasteiger partial charge on any atom is -0.465 e. The van der Waals surface area contributed by atoms with Crippen molar-refractivity contribution in [2.24, 2.45) is 0 Å². The highest BCUT2D eigenvalue weighted by atomic mass is 79.9. The van der Waals surface area contributed by atoms with Crippen LogP contribution in [0.1, 0.15) is 37.8 Å². The van der Waals surface area contributed by atoms with Crippen LogP contribution < -0.4 is 10.2 Å². The Labute approximate surface area is 199 Å². The molecule has 0 unspecified atom stereocenters. The molecule has 1 heterocycles. The highest BCUT2D eigenvalue weighted by Crippen LogP contribution is 2.32. The van der Waals surface area contributed by atoms with Crippen molar-refractivity contribution in [1.82, 2.24) is 10.3 Å². The van der Waals surface area contributed by atoms with Gasteiger partial charge in [-0.3, -0.25) is 4.90 Å². The molecule has 2 N–H and O–H groups in total. The normalized spacial score (nSPS) is 13.7. The summed E-state index contributed by atoms with van der Waals surface area (Å²) in [5.41, 5.74) is -1.65. The highest BCUT2D eigenvalue weighted by molar-refractivity contribution is 9.11. The Balaban J connectivity index is 2.43. The fraction of sp³-hybridized carbons (Fsp3) is 0.400. The third-order valence-corrected chi connectivity index (χ3v) is 5.70. The molecule has 33 heavy (non-hydrogen) atoms. The van der Waals surface area contributed by atoms with Crippen LogP contribution in [-0.4, -0.2) is 46.8 Å². The van der Waals surface area contributed by atoms with Crippen LogP contribution in [0.3, 0.4) is 0 Å². The van der Waals surface area contributed by atoms with Gasteiger partial charge < -0.3 is 20.0 Å². The van der Waals surface area contributed by atoms with Gasteiger partial charge in [0.2, 0.25) is 0 Å². The lowest BCUT2D eigenvalue weighted by molar-refractivity contribution is -0.137. The molecule has 13 heteroatoms. The van der Waals surface area contributed by atoms with Crippen molar-refractivity contribution in [3.63, 3.8) is 0 Å². The summed E-state index contributed by atoms with van der Waals surface area (Å²) in [6.45, 7) is 4.56. The second-order valence-corrected chi connectivity index (χ2v) is 10.3. The van der Waals surface area contributed by atoms with Gasteiger partial charge in [-0.05, 0) is 54.4 Å². The molecule has 0 saturated carbocycles. The first-order valence-corrected chi connectivity index (χ1v) is 11.1. The molecule has 0 bridgehead atoms. The fourth-order valence-electron chi connectivity index (χ4n) is 2.82. The van der Waals surface area contributed by atoms with Crippen LogP contribution in [0.4, 0.5) is 27.9 Å². The van der Waals surface area contributed by atoms with Gasteiger partial charge in [-0.1, -0.05) is 23.5 Å². The maximum Gasteiger partial charge on any atom is 0.416 e. The van der Waals surface area contributed by atoms with Crippen LogP contribution in [0.2, 0.25) is 0 Å². The number of alkyl halides is 3. The van der Waals surface area contributed by atoms with Crippen LogP contribution in [-0.2, 0) is 15.7 Å². The van der Waals surface area contributed by atoms with Gasteiger partial charge in [0.05, 0.1) is 34.1 Å². The van der Waals surface area contributed by atoms with E-state index in [0.29, 0.717) is 10.1 Å². The number of carbonyl (C=O) groups excluding carboxylic acids is 2. The topological polar surface area (TPSA) is 109 Å². The number of benzene rings is 1.